The average molecular weight is 484 g/mol. The average Bonchev–Trinajstić information content (AvgIpc) is 2.66. The van der Waals surface area contributed by atoms with Gasteiger partial charge in [0.2, 0.25) is 0 Å². The summed E-state index contributed by atoms with van der Waals surface area (Å²) in [4.78, 5) is 15.0. The van der Waals surface area contributed by atoms with Crippen molar-refractivity contribution in [3.63, 3.8) is 0 Å². The van der Waals surface area contributed by atoms with Crippen LogP contribution in [0.4, 0.5) is 5.69 Å². The fraction of sp³-hybridized carbons (Fsp3) is 0.316. The maximum absolute atomic E-state index is 10.9. The third kappa shape index (κ3) is 7.41. The van der Waals surface area contributed by atoms with Crippen LogP contribution in [-0.4, -0.2) is 31.1 Å². The van der Waals surface area contributed by atoms with E-state index < -0.39 is 4.92 Å². The van der Waals surface area contributed by atoms with Gasteiger partial charge < -0.3 is 15.4 Å². The van der Waals surface area contributed by atoms with Crippen LogP contribution in [-0.2, 0) is 13.0 Å². The Bertz CT molecular complexity index is 768. The highest BCUT2D eigenvalue weighted by atomic mass is 127. The fourth-order valence-corrected chi connectivity index (χ4v) is 2.51. The van der Waals surface area contributed by atoms with Crippen molar-refractivity contribution < 1.29 is 9.66 Å². The zero-order valence-electron chi connectivity index (χ0n) is 15.5. The molecule has 8 heteroatoms. The second-order valence-electron chi connectivity index (χ2n) is 5.61. The lowest BCUT2D eigenvalue weighted by molar-refractivity contribution is -0.384. The predicted molar refractivity (Wildman–Crippen MR) is 118 cm³/mol. The van der Waals surface area contributed by atoms with Crippen LogP contribution >= 0.6 is 24.0 Å². The van der Waals surface area contributed by atoms with Crippen molar-refractivity contribution in [3.8, 4) is 5.75 Å². The molecule has 7 nitrogen and oxygen atoms in total. The number of nitro benzene ring substituents is 1. The number of hydrogen-bond acceptors (Lipinski definition) is 4. The van der Waals surface area contributed by atoms with Gasteiger partial charge in [0.05, 0.1) is 18.6 Å². The van der Waals surface area contributed by atoms with Crippen LogP contribution in [0.15, 0.2) is 53.5 Å². The van der Waals surface area contributed by atoms with Gasteiger partial charge in [0.25, 0.3) is 5.69 Å². The Morgan fingerprint density at radius 1 is 1.19 bits per heavy atom. The molecule has 0 saturated heterocycles. The molecule has 2 N–H and O–H groups in total. The van der Waals surface area contributed by atoms with Crippen LogP contribution in [0, 0.1) is 10.1 Å². The van der Waals surface area contributed by atoms with Gasteiger partial charge in [-0.25, -0.2) is 4.99 Å². The van der Waals surface area contributed by atoms with Gasteiger partial charge in [-0.1, -0.05) is 30.3 Å². The van der Waals surface area contributed by atoms with Crippen LogP contribution in [0.2, 0.25) is 0 Å². The van der Waals surface area contributed by atoms with Gasteiger partial charge >= 0.3 is 0 Å². The zero-order chi connectivity index (χ0) is 18.8. The third-order valence-electron chi connectivity index (χ3n) is 3.76. The molecule has 0 unspecified atom stereocenters. The Labute approximate surface area is 176 Å². The summed E-state index contributed by atoms with van der Waals surface area (Å²) in [7, 11) is 1.66. The van der Waals surface area contributed by atoms with Crippen molar-refractivity contribution in [3.05, 3.63) is 69.8 Å². The molecule has 0 bridgehead atoms. The normalized spacial score (nSPS) is 10.7. The van der Waals surface area contributed by atoms with Crippen LogP contribution in [0.1, 0.15) is 18.1 Å². The summed E-state index contributed by atoms with van der Waals surface area (Å²) in [6, 6.07) is 14.4. The van der Waals surface area contributed by atoms with Crippen LogP contribution in [0.5, 0.6) is 5.75 Å². The first-order chi connectivity index (χ1) is 12.6. The number of benzene rings is 2. The quantitative estimate of drug-likeness (QED) is 0.197. The highest BCUT2D eigenvalue weighted by Crippen LogP contribution is 2.17. The number of non-ortho nitro benzene ring substituents is 1. The molecular formula is C19H25IN4O3. The van der Waals surface area contributed by atoms with E-state index in [9.17, 15) is 10.1 Å². The Hall–Kier alpha value is -2.36. The Morgan fingerprint density at radius 3 is 2.67 bits per heavy atom. The Morgan fingerprint density at radius 2 is 1.96 bits per heavy atom. The molecule has 2 rings (SSSR count). The first kappa shape index (κ1) is 22.7. The number of guanidine groups is 1. The maximum atomic E-state index is 10.9. The van der Waals surface area contributed by atoms with Crippen molar-refractivity contribution in [2.45, 2.75) is 19.9 Å². The summed E-state index contributed by atoms with van der Waals surface area (Å²) >= 11 is 0. The van der Waals surface area contributed by atoms with Gasteiger partial charge in [-0.3, -0.25) is 10.1 Å². The van der Waals surface area contributed by atoms with Gasteiger partial charge in [0.1, 0.15) is 5.75 Å². The number of nitrogens with zero attached hydrogens (tertiary/aromatic N) is 2. The molecule has 0 aliphatic carbocycles. The molecule has 2 aromatic carbocycles. The minimum Gasteiger partial charge on any atom is -0.496 e. The van der Waals surface area contributed by atoms with Gasteiger partial charge in [-0.15, -0.1) is 24.0 Å². The molecule has 0 amide bonds. The number of rotatable bonds is 8. The topological polar surface area (TPSA) is 88.8 Å². The number of methoxy groups -OCH3 is 1. The molecule has 0 saturated carbocycles. The second-order valence-corrected chi connectivity index (χ2v) is 5.61. The van der Waals surface area contributed by atoms with Crippen molar-refractivity contribution >= 4 is 35.6 Å². The largest absolute Gasteiger partial charge is 0.496 e. The number of hydrogen-bond donors (Lipinski definition) is 2. The van der Waals surface area contributed by atoms with E-state index in [0.29, 0.717) is 19.0 Å². The van der Waals surface area contributed by atoms with Crippen LogP contribution < -0.4 is 15.4 Å². The zero-order valence-corrected chi connectivity index (χ0v) is 17.8. The van der Waals surface area contributed by atoms with E-state index in [1.165, 1.54) is 6.07 Å². The number of para-hydroxylation sites is 1. The van der Waals surface area contributed by atoms with Gasteiger partial charge in [-0.05, 0) is 30.5 Å². The minimum absolute atomic E-state index is 0. The van der Waals surface area contributed by atoms with E-state index in [0.717, 1.165) is 29.8 Å². The Kier molecular flexibility index (Phi) is 10.2. The van der Waals surface area contributed by atoms with E-state index in [1.54, 1.807) is 19.2 Å². The van der Waals surface area contributed by atoms with E-state index in [1.807, 2.05) is 37.3 Å². The summed E-state index contributed by atoms with van der Waals surface area (Å²) in [5.41, 5.74) is 1.99. The lowest BCUT2D eigenvalue weighted by atomic mass is 10.1. The van der Waals surface area contributed by atoms with E-state index in [-0.39, 0.29) is 29.7 Å². The SMILES string of the molecule is CCNC(=NCc1cccc([N+](=O)[O-])c1)NCCc1ccccc1OC.I. The predicted octanol–water partition coefficient (Wildman–Crippen LogP) is 3.52. The highest BCUT2D eigenvalue weighted by Gasteiger charge is 2.06. The molecule has 27 heavy (non-hydrogen) atoms. The summed E-state index contributed by atoms with van der Waals surface area (Å²) in [5, 5.41) is 17.3. The van der Waals surface area contributed by atoms with Crippen molar-refractivity contribution in [2.75, 3.05) is 20.2 Å². The number of halogens is 1. The molecule has 2 aromatic rings. The summed E-state index contributed by atoms with van der Waals surface area (Å²) in [5.74, 6) is 1.54. The Balaban J connectivity index is 0.00000364. The minimum atomic E-state index is -0.399. The van der Waals surface area contributed by atoms with Gasteiger partial charge in [0, 0.05) is 25.2 Å². The third-order valence-corrected chi connectivity index (χ3v) is 3.76. The summed E-state index contributed by atoms with van der Waals surface area (Å²) < 4.78 is 5.36. The summed E-state index contributed by atoms with van der Waals surface area (Å²) in [6.45, 7) is 3.78. The number of nitrogens with one attached hydrogen (secondary N) is 2. The number of ether oxygens (including phenoxy) is 1. The first-order valence-electron chi connectivity index (χ1n) is 8.51. The van der Waals surface area contributed by atoms with Crippen molar-refractivity contribution in [2.24, 2.45) is 4.99 Å². The second kappa shape index (κ2) is 12.1. The van der Waals surface area contributed by atoms with E-state index in [2.05, 4.69) is 15.6 Å². The molecular weight excluding hydrogens is 459 g/mol. The highest BCUT2D eigenvalue weighted by molar-refractivity contribution is 14.0. The van der Waals surface area contributed by atoms with Crippen molar-refractivity contribution in [1.82, 2.24) is 10.6 Å². The monoisotopic (exact) mass is 484 g/mol. The molecule has 0 spiro atoms. The lowest BCUT2D eigenvalue weighted by Gasteiger charge is -2.12. The fourth-order valence-electron chi connectivity index (χ4n) is 2.51. The molecule has 0 aromatic heterocycles. The van der Waals surface area contributed by atoms with E-state index in [4.69, 9.17) is 4.74 Å². The molecule has 0 heterocycles. The first-order valence-corrected chi connectivity index (χ1v) is 8.51. The van der Waals surface area contributed by atoms with E-state index >= 15 is 0 Å². The molecule has 146 valence electrons. The van der Waals surface area contributed by atoms with Gasteiger partial charge in [0.15, 0.2) is 5.96 Å². The molecule has 0 fully saturated rings. The van der Waals surface area contributed by atoms with Crippen LogP contribution in [0.3, 0.4) is 0 Å². The maximum Gasteiger partial charge on any atom is 0.269 e. The standard InChI is InChI=1S/C19H24N4O3.HI/c1-3-20-19(21-12-11-16-8-4-5-10-18(16)26-2)22-14-15-7-6-9-17(13-15)23(24)25;/h4-10,13H,3,11-12,14H2,1-2H3,(H2,20,21,22);1H. The molecule has 0 radical (unpaired) electrons. The lowest BCUT2D eigenvalue weighted by Crippen LogP contribution is -2.38. The summed E-state index contributed by atoms with van der Waals surface area (Å²) in [6.07, 6.45) is 0.797. The van der Waals surface area contributed by atoms with Crippen LogP contribution in [0.25, 0.3) is 0 Å². The smallest absolute Gasteiger partial charge is 0.269 e. The van der Waals surface area contributed by atoms with Crippen molar-refractivity contribution in [1.29, 1.82) is 0 Å². The number of aliphatic imine (C=N–C) groups is 1. The molecule has 0 atom stereocenters. The number of nitro groups is 1. The molecule has 0 aliphatic heterocycles. The molecule has 0 aliphatic rings. The van der Waals surface area contributed by atoms with Gasteiger partial charge in [-0.2, -0.15) is 0 Å².